The Kier molecular flexibility index (Phi) is 16.7. The van der Waals surface area contributed by atoms with Gasteiger partial charge in [-0.15, -0.1) is 0 Å². The molecule has 0 radical (unpaired) electrons. The van der Waals surface area contributed by atoms with Crippen molar-refractivity contribution in [3.63, 3.8) is 0 Å². The van der Waals surface area contributed by atoms with Crippen LogP contribution in [0.5, 0.6) is 0 Å². The third kappa shape index (κ3) is 12.4. The number of benzene rings is 2. The largest absolute Gasteiger partial charge is 0.382 e. The van der Waals surface area contributed by atoms with Crippen LogP contribution in [0.15, 0.2) is 41.3 Å². The molecule has 1 N–H and O–H groups in total. The van der Waals surface area contributed by atoms with Crippen LogP contribution in [0.1, 0.15) is 31.7 Å². The summed E-state index contributed by atoms with van der Waals surface area (Å²) < 4.78 is 60.2. The summed E-state index contributed by atoms with van der Waals surface area (Å²) in [5.74, 6) is 0. The third-order valence-electron chi connectivity index (χ3n) is 7.15. The van der Waals surface area contributed by atoms with Gasteiger partial charge < -0.3 is 33.3 Å². The van der Waals surface area contributed by atoms with Crippen LogP contribution in [-0.2, 0) is 38.4 Å². The monoisotopic (exact) mass is 633 g/mol. The number of piperidine rings is 1. The third-order valence-corrected chi connectivity index (χ3v) is 8.67. The quantitative estimate of drug-likeness (QED) is 0.151. The highest BCUT2D eigenvalue weighted by atomic mass is 32.2. The Bertz CT molecular complexity index is 1310. The molecule has 0 amide bonds. The summed E-state index contributed by atoms with van der Waals surface area (Å²) >= 11 is 0. The fourth-order valence-corrected chi connectivity index (χ4v) is 5.87. The lowest BCUT2D eigenvalue weighted by Crippen LogP contribution is -2.29. The minimum atomic E-state index is -4.00. The Balaban J connectivity index is 1.32. The van der Waals surface area contributed by atoms with E-state index in [1.54, 1.807) is 14.0 Å². The summed E-state index contributed by atoms with van der Waals surface area (Å²) in [6.07, 6.45) is 3.70. The number of nitriles is 1. The fourth-order valence-electron chi connectivity index (χ4n) is 4.74. The van der Waals surface area contributed by atoms with E-state index in [1.807, 2.05) is 24.3 Å². The average molecular weight is 634 g/mol. The number of methoxy groups -OCH3 is 1. The van der Waals surface area contributed by atoms with Crippen LogP contribution in [-0.4, -0.2) is 108 Å². The van der Waals surface area contributed by atoms with E-state index in [4.69, 9.17) is 28.4 Å². The normalized spacial score (nSPS) is 14.5. The van der Waals surface area contributed by atoms with Crippen LogP contribution in [0.2, 0.25) is 0 Å². The predicted molar refractivity (Wildman–Crippen MR) is 171 cm³/mol. The number of allylic oxidation sites excluding steroid dienone is 2. The summed E-state index contributed by atoms with van der Waals surface area (Å²) in [5.41, 5.74) is 2.30. The molecule has 1 saturated heterocycles. The highest BCUT2D eigenvalue weighted by Crippen LogP contribution is 2.29. The topological polar surface area (TPSA) is 129 Å². The molecule has 0 saturated carbocycles. The van der Waals surface area contributed by atoms with Crippen molar-refractivity contribution in [3.8, 4) is 6.07 Å². The highest BCUT2D eigenvalue weighted by molar-refractivity contribution is 7.93. The Morgan fingerprint density at radius 3 is 1.86 bits per heavy atom. The molecule has 1 heterocycles. The second kappa shape index (κ2) is 20.4. The Morgan fingerprint density at radius 2 is 1.30 bits per heavy atom. The smallest absolute Gasteiger partial charge is 0.251 e. The van der Waals surface area contributed by atoms with E-state index in [0.29, 0.717) is 77.2 Å². The maximum Gasteiger partial charge on any atom is 0.251 e. The predicted octanol–water partition coefficient (Wildman–Crippen LogP) is 3.73. The summed E-state index contributed by atoms with van der Waals surface area (Å²) in [6, 6.07) is 14.0. The molecule has 1 aliphatic heterocycles. The summed E-state index contributed by atoms with van der Waals surface area (Å²) in [6.45, 7) is 8.62. The first kappa shape index (κ1) is 35.9. The Labute approximate surface area is 262 Å². The van der Waals surface area contributed by atoms with Crippen molar-refractivity contribution in [3.05, 3.63) is 46.9 Å². The van der Waals surface area contributed by atoms with Gasteiger partial charge in [-0.1, -0.05) is 18.2 Å². The van der Waals surface area contributed by atoms with Gasteiger partial charge in [0, 0.05) is 32.4 Å². The maximum atomic E-state index is 12.9. The molecule has 1 fully saturated rings. The van der Waals surface area contributed by atoms with Gasteiger partial charge in [0.1, 0.15) is 6.07 Å². The first-order valence-electron chi connectivity index (χ1n) is 15.2. The lowest BCUT2D eigenvalue weighted by Gasteiger charge is -2.29. The molecular formula is C32H47N3O8S. The number of anilines is 1. The van der Waals surface area contributed by atoms with Gasteiger partial charge in [-0.05, 0) is 66.3 Å². The molecule has 0 bridgehead atoms. The maximum absolute atomic E-state index is 12.9. The van der Waals surface area contributed by atoms with Gasteiger partial charge in [0.15, 0.2) is 4.91 Å². The first-order chi connectivity index (χ1) is 21.5. The van der Waals surface area contributed by atoms with Crippen LogP contribution < -0.4 is 9.62 Å². The molecule has 0 atom stereocenters. The molecular weight excluding hydrogens is 586 g/mol. The number of sulfonamides is 1. The summed E-state index contributed by atoms with van der Waals surface area (Å²) in [5, 5.41) is 11.8. The Hall–Kier alpha value is -2.60. The van der Waals surface area contributed by atoms with Crippen LogP contribution in [0.4, 0.5) is 5.69 Å². The Morgan fingerprint density at radius 1 is 0.773 bits per heavy atom. The summed E-state index contributed by atoms with van der Waals surface area (Å²) in [4.78, 5) is 2.11. The average Bonchev–Trinajstić information content (AvgIpc) is 3.04. The van der Waals surface area contributed by atoms with E-state index in [2.05, 4.69) is 27.8 Å². The van der Waals surface area contributed by atoms with Gasteiger partial charge in [0.05, 0.1) is 72.7 Å². The number of ether oxygens (including phenoxy) is 6. The van der Waals surface area contributed by atoms with Crippen LogP contribution >= 0.6 is 0 Å². The number of nitrogens with zero attached hydrogens (tertiary/aromatic N) is 2. The van der Waals surface area contributed by atoms with Crippen molar-refractivity contribution >= 4 is 32.1 Å². The van der Waals surface area contributed by atoms with Gasteiger partial charge in [-0.25, -0.2) is 13.1 Å². The number of rotatable bonds is 22. The fraction of sp³-hybridized carbons (Fsp3) is 0.594. The molecule has 0 aliphatic carbocycles. The van der Waals surface area contributed by atoms with Crippen molar-refractivity contribution in [2.45, 2.75) is 26.2 Å². The molecule has 2 aromatic carbocycles. The molecule has 0 unspecified atom stereocenters. The van der Waals surface area contributed by atoms with Crippen LogP contribution in [0.25, 0.3) is 16.3 Å². The standard InChI is InChI=1S/C32H47N3O8S/c1-27(28-6-7-30-25-31(9-8-29(30)24-28)35-11-4-3-5-12-35)32(26-33)44(36,37)34-10-13-39-16-17-41-20-21-43-23-22-42-19-18-40-15-14-38-2/h6-9,24-25,34H,3-5,10-23H2,1-2H3. The zero-order valence-corrected chi connectivity index (χ0v) is 26.9. The highest BCUT2D eigenvalue weighted by Gasteiger charge is 2.21. The molecule has 3 rings (SSSR count). The lowest BCUT2D eigenvalue weighted by atomic mass is 10.0. The van der Waals surface area contributed by atoms with E-state index in [-0.39, 0.29) is 18.1 Å². The molecule has 44 heavy (non-hydrogen) atoms. The minimum Gasteiger partial charge on any atom is -0.382 e. The van der Waals surface area contributed by atoms with E-state index in [1.165, 1.54) is 24.9 Å². The van der Waals surface area contributed by atoms with E-state index in [0.717, 1.165) is 23.9 Å². The van der Waals surface area contributed by atoms with Gasteiger partial charge in [-0.3, -0.25) is 0 Å². The lowest BCUT2D eigenvalue weighted by molar-refractivity contribution is -0.0143. The number of fused-ring (bicyclic) bond motifs is 1. The molecule has 2 aromatic rings. The molecule has 0 aromatic heterocycles. The zero-order chi connectivity index (χ0) is 31.5. The molecule has 244 valence electrons. The molecule has 11 nitrogen and oxygen atoms in total. The first-order valence-corrected chi connectivity index (χ1v) is 16.7. The van der Waals surface area contributed by atoms with Gasteiger partial charge in [0.25, 0.3) is 10.0 Å². The van der Waals surface area contributed by atoms with Crippen molar-refractivity contribution < 1.29 is 36.8 Å². The molecule has 1 aliphatic rings. The zero-order valence-electron chi connectivity index (χ0n) is 26.1. The van der Waals surface area contributed by atoms with Crippen LogP contribution in [0.3, 0.4) is 0 Å². The SMILES string of the molecule is COCCOCCOCCOCCOCCOCCNS(=O)(=O)C(C#N)=C(C)c1ccc2cc(N3CCCCC3)ccc2c1. The second-order valence-electron chi connectivity index (χ2n) is 10.3. The van der Waals surface area contributed by atoms with Gasteiger partial charge in [-0.2, -0.15) is 5.26 Å². The number of hydrogen-bond acceptors (Lipinski definition) is 10. The van der Waals surface area contributed by atoms with Crippen molar-refractivity contribution in [1.29, 1.82) is 5.26 Å². The number of hydrogen-bond donors (Lipinski definition) is 1. The molecule has 12 heteroatoms. The van der Waals surface area contributed by atoms with Gasteiger partial charge in [0.2, 0.25) is 0 Å². The van der Waals surface area contributed by atoms with Gasteiger partial charge >= 0.3 is 0 Å². The summed E-state index contributed by atoms with van der Waals surface area (Å²) in [7, 11) is -2.37. The minimum absolute atomic E-state index is 0.0400. The number of nitrogens with one attached hydrogen (secondary N) is 1. The van der Waals surface area contributed by atoms with E-state index in [9.17, 15) is 13.7 Å². The van der Waals surface area contributed by atoms with E-state index < -0.39 is 10.0 Å². The van der Waals surface area contributed by atoms with Crippen LogP contribution in [0, 0.1) is 11.3 Å². The van der Waals surface area contributed by atoms with Crippen molar-refractivity contribution in [2.24, 2.45) is 0 Å². The van der Waals surface area contributed by atoms with Crippen molar-refractivity contribution in [2.75, 3.05) is 104 Å². The second-order valence-corrected chi connectivity index (χ2v) is 12.0. The van der Waals surface area contributed by atoms with E-state index >= 15 is 0 Å². The molecule has 0 spiro atoms. The van der Waals surface area contributed by atoms with Crippen molar-refractivity contribution in [1.82, 2.24) is 4.72 Å².